The van der Waals surface area contributed by atoms with Crippen LogP contribution in [0.4, 0.5) is 17.6 Å². The summed E-state index contributed by atoms with van der Waals surface area (Å²) in [4.78, 5) is 15.5. The summed E-state index contributed by atoms with van der Waals surface area (Å²) >= 11 is 0. The lowest BCUT2D eigenvalue weighted by molar-refractivity contribution is 0.238. The molecule has 1 aliphatic carbocycles. The molecule has 1 aromatic carbocycles. The van der Waals surface area contributed by atoms with Gasteiger partial charge in [0.15, 0.2) is 5.82 Å². The van der Waals surface area contributed by atoms with Gasteiger partial charge < -0.3 is 15.8 Å². The van der Waals surface area contributed by atoms with Crippen LogP contribution in [0.15, 0.2) is 30.6 Å². The number of nitrogens with one attached hydrogen (secondary N) is 1. The number of likely N-dealkylation sites (tertiary alicyclic amines) is 1. The summed E-state index contributed by atoms with van der Waals surface area (Å²) in [5.41, 5.74) is 9.17. The molecule has 2 aliphatic rings. The SMILES string of the molecule is Nc1nc(Nc2ccc(OCCN3CCCC3)cc2)nn1-c1ncnc2c1CCC2. The van der Waals surface area contributed by atoms with Crippen molar-refractivity contribution in [2.24, 2.45) is 0 Å². The maximum atomic E-state index is 6.12. The minimum absolute atomic E-state index is 0.298. The number of aryl methyl sites for hydroxylation is 1. The molecule has 3 aromatic rings. The maximum Gasteiger partial charge on any atom is 0.248 e. The van der Waals surface area contributed by atoms with Crippen molar-refractivity contribution < 1.29 is 4.74 Å². The highest BCUT2D eigenvalue weighted by Crippen LogP contribution is 2.26. The van der Waals surface area contributed by atoms with Gasteiger partial charge >= 0.3 is 0 Å². The standard InChI is InChI=1S/C21H26N8O/c22-20-26-21(27-29(20)19-17-4-3-5-18(17)23-14-24-19)25-15-6-8-16(9-7-15)30-13-12-28-10-1-2-11-28/h6-9,14H,1-5,10-13H2,(H3,22,25,26,27). The molecule has 0 saturated carbocycles. The number of aromatic nitrogens is 5. The molecule has 3 N–H and O–H groups in total. The molecule has 156 valence electrons. The molecule has 1 fully saturated rings. The zero-order chi connectivity index (χ0) is 20.3. The Kier molecular flexibility index (Phi) is 5.18. The summed E-state index contributed by atoms with van der Waals surface area (Å²) in [6, 6.07) is 7.79. The van der Waals surface area contributed by atoms with Crippen LogP contribution in [0, 0.1) is 0 Å². The van der Waals surface area contributed by atoms with Crippen LogP contribution >= 0.6 is 0 Å². The van der Waals surface area contributed by atoms with Crippen molar-refractivity contribution in [3.05, 3.63) is 41.9 Å². The summed E-state index contributed by atoms with van der Waals surface area (Å²) in [5.74, 6) is 2.30. The number of nitrogens with zero attached hydrogens (tertiary/aromatic N) is 6. The Balaban J connectivity index is 1.23. The normalized spacial score (nSPS) is 16.0. The van der Waals surface area contributed by atoms with Gasteiger partial charge in [-0.05, 0) is 69.5 Å². The summed E-state index contributed by atoms with van der Waals surface area (Å²) in [6.07, 6.45) is 7.15. The molecular formula is C21H26N8O. The van der Waals surface area contributed by atoms with E-state index in [1.807, 2.05) is 24.3 Å². The Hall–Kier alpha value is -3.20. The number of hydrogen-bond donors (Lipinski definition) is 2. The lowest BCUT2D eigenvalue weighted by atomic mass is 10.2. The number of fused-ring (bicyclic) bond motifs is 1. The average molecular weight is 406 g/mol. The van der Waals surface area contributed by atoms with Crippen LogP contribution in [0.2, 0.25) is 0 Å². The minimum atomic E-state index is 0.298. The van der Waals surface area contributed by atoms with Gasteiger partial charge in [-0.15, -0.1) is 5.10 Å². The van der Waals surface area contributed by atoms with Crippen LogP contribution in [0.1, 0.15) is 30.5 Å². The van der Waals surface area contributed by atoms with E-state index < -0.39 is 0 Å². The molecule has 3 heterocycles. The predicted octanol–water partition coefficient (Wildman–Crippen LogP) is 2.35. The van der Waals surface area contributed by atoms with Crippen molar-refractivity contribution in [3.8, 4) is 11.6 Å². The molecule has 0 spiro atoms. The monoisotopic (exact) mass is 406 g/mol. The third kappa shape index (κ3) is 3.93. The van der Waals surface area contributed by atoms with E-state index >= 15 is 0 Å². The van der Waals surface area contributed by atoms with Crippen LogP contribution < -0.4 is 15.8 Å². The molecule has 30 heavy (non-hydrogen) atoms. The molecule has 5 rings (SSSR count). The van der Waals surface area contributed by atoms with Crippen molar-refractivity contribution in [3.63, 3.8) is 0 Å². The number of ether oxygens (including phenoxy) is 1. The first-order valence-corrected chi connectivity index (χ1v) is 10.5. The van der Waals surface area contributed by atoms with E-state index in [0.717, 1.165) is 54.3 Å². The van der Waals surface area contributed by atoms with Gasteiger partial charge in [0.25, 0.3) is 0 Å². The number of nitrogens with two attached hydrogens (primary N) is 1. The van der Waals surface area contributed by atoms with Crippen molar-refractivity contribution >= 4 is 17.6 Å². The third-order valence-electron chi connectivity index (χ3n) is 5.67. The first-order valence-electron chi connectivity index (χ1n) is 10.5. The van der Waals surface area contributed by atoms with E-state index in [2.05, 4.69) is 30.3 Å². The molecule has 1 aliphatic heterocycles. The van der Waals surface area contributed by atoms with Crippen LogP contribution in [0.3, 0.4) is 0 Å². The molecular weight excluding hydrogens is 380 g/mol. The highest BCUT2D eigenvalue weighted by molar-refractivity contribution is 5.56. The quantitative estimate of drug-likeness (QED) is 0.616. The minimum Gasteiger partial charge on any atom is -0.492 e. The van der Waals surface area contributed by atoms with Crippen molar-refractivity contribution in [2.75, 3.05) is 37.3 Å². The van der Waals surface area contributed by atoms with Crippen LogP contribution in [-0.4, -0.2) is 55.9 Å². The highest BCUT2D eigenvalue weighted by atomic mass is 16.5. The fourth-order valence-corrected chi connectivity index (χ4v) is 4.12. The van der Waals surface area contributed by atoms with Gasteiger partial charge in [0.05, 0.1) is 0 Å². The molecule has 0 bridgehead atoms. The zero-order valence-corrected chi connectivity index (χ0v) is 16.9. The van der Waals surface area contributed by atoms with E-state index in [-0.39, 0.29) is 0 Å². The summed E-state index contributed by atoms with van der Waals surface area (Å²) in [5, 5.41) is 7.71. The third-order valence-corrected chi connectivity index (χ3v) is 5.67. The Bertz CT molecular complexity index is 1010. The fourth-order valence-electron chi connectivity index (χ4n) is 4.12. The first kappa shape index (κ1) is 18.8. The van der Waals surface area contributed by atoms with Crippen LogP contribution in [-0.2, 0) is 12.8 Å². The lowest BCUT2D eigenvalue weighted by Crippen LogP contribution is -2.25. The molecule has 1 saturated heterocycles. The second kappa shape index (κ2) is 8.27. The van der Waals surface area contributed by atoms with E-state index in [1.165, 1.54) is 25.9 Å². The first-order chi connectivity index (χ1) is 14.8. The number of benzene rings is 1. The maximum absolute atomic E-state index is 6.12. The van der Waals surface area contributed by atoms with Gasteiger partial charge in [-0.1, -0.05) is 0 Å². The number of rotatable bonds is 7. The topological polar surface area (TPSA) is 107 Å². The highest BCUT2D eigenvalue weighted by Gasteiger charge is 2.21. The van der Waals surface area contributed by atoms with E-state index in [9.17, 15) is 0 Å². The molecule has 0 atom stereocenters. The van der Waals surface area contributed by atoms with Crippen molar-refractivity contribution in [2.45, 2.75) is 32.1 Å². The smallest absolute Gasteiger partial charge is 0.248 e. The van der Waals surface area contributed by atoms with Crippen LogP contribution in [0.5, 0.6) is 5.75 Å². The molecule has 0 amide bonds. The fraction of sp³-hybridized carbons (Fsp3) is 0.429. The Morgan fingerprint density at radius 3 is 2.70 bits per heavy atom. The zero-order valence-electron chi connectivity index (χ0n) is 16.9. The lowest BCUT2D eigenvalue weighted by Gasteiger charge is -2.15. The summed E-state index contributed by atoms with van der Waals surface area (Å²) in [7, 11) is 0. The Morgan fingerprint density at radius 2 is 1.87 bits per heavy atom. The Morgan fingerprint density at radius 1 is 1.03 bits per heavy atom. The predicted molar refractivity (Wildman–Crippen MR) is 114 cm³/mol. The van der Waals surface area contributed by atoms with E-state index in [0.29, 0.717) is 18.5 Å². The summed E-state index contributed by atoms with van der Waals surface area (Å²) in [6.45, 7) is 4.06. The molecule has 9 nitrogen and oxygen atoms in total. The molecule has 0 unspecified atom stereocenters. The summed E-state index contributed by atoms with van der Waals surface area (Å²) < 4.78 is 7.45. The number of anilines is 3. The molecule has 2 aromatic heterocycles. The van der Waals surface area contributed by atoms with Gasteiger partial charge in [0.2, 0.25) is 11.9 Å². The molecule has 0 radical (unpaired) electrons. The van der Waals surface area contributed by atoms with Crippen molar-refractivity contribution in [1.82, 2.24) is 29.6 Å². The van der Waals surface area contributed by atoms with E-state index in [4.69, 9.17) is 10.5 Å². The largest absolute Gasteiger partial charge is 0.492 e. The van der Waals surface area contributed by atoms with Gasteiger partial charge in [-0.2, -0.15) is 9.67 Å². The Labute approximate surface area is 175 Å². The molecule has 9 heteroatoms. The second-order valence-corrected chi connectivity index (χ2v) is 7.73. The van der Waals surface area contributed by atoms with Gasteiger partial charge in [-0.3, -0.25) is 4.90 Å². The number of nitrogen functional groups attached to an aromatic ring is 1. The van der Waals surface area contributed by atoms with Gasteiger partial charge in [-0.25, -0.2) is 9.97 Å². The average Bonchev–Trinajstić information content (AvgIpc) is 3.50. The second-order valence-electron chi connectivity index (χ2n) is 7.73. The number of hydrogen-bond acceptors (Lipinski definition) is 8. The van der Waals surface area contributed by atoms with Crippen molar-refractivity contribution in [1.29, 1.82) is 0 Å². The van der Waals surface area contributed by atoms with E-state index in [1.54, 1.807) is 11.0 Å². The van der Waals surface area contributed by atoms with Crippen LogP contribution in [0.25, 0.3) is 5.82 Å². The van der Waals surface area contributed by atoms with Gasteiger partial charge in [0.1, 0.15) is 18.7 Å². The van der Waals surface area contributed by atoms with Gasteiger partial charge in [0, 0.05) is 23.5 Å².